The van der Waals surface area contributed by atoms with Crippen LogP contribution in [0.15, 0.2) is 42.5 Å². The minimum Gasteiger partial charge on any atom is -0.478 e. The quantitative estimate of drug-likeness (QED) is 0.680. The molecule has 0 atom stereocenters. The largest absolute Gasteiger partial charge is 0.478 e. The highest BCUT2D eigenvalue weighted by atomic mass is 19.1. The number of aromatic carboxylic acids is 1. The van der Waals surface area contributed by atoms with Gasteiger partial charge in [-0.3, -0.25) is 10.1 Å². The van der Waals surface area contributed by atoms with E-state index in [4.69, 9.17) is 5.11 Å². The van der Waals surface area contributed by atoms with E-state index >= 15 is 0 Å². The molecule has 0 aliphatic heterocycles. The molecule has 0 amide bonds. The van der Waals surface area contributed by atoms with Crippen LogP contribution < -0.4 is 0 Å². The summed E-state index contributed by atoms with van der Waals surface area (Å²) < 4.78 is 13.6. The van der Waals surface area contributed by atoms with Crippen LogP contribution in [0.2, 0.25) is 0 Å². The second kappa shape index (κ2) is 4.85. The zero-order valence-electron chi connectivity index (χ0n) is 9.54. The maximum absolute atomic E-state index is 13.6. The van der Waals surface area contributed by atoms with Crippen molar-refractivity contribution in [3.05, 3.63) is 64.0 Å². The van der Waals surface area contributed by atoms with Crippen molar-refractivity contribution < 1.29 is 19.2 Å². The number of benzene rings is 2. The molecule has 2 aromatic rings. The van der Waals surface area contributed by atoms with Gasteiger partial charge in [0.15, 0.2) is 0 Å². The molecular weight excluding hydrogens is 253 g/mol. The Balaban J connectivity index is 2.70. The van der Waals surface area contributed by atoms with Gasteiger partial charge in [0, 0.05) is 6.07 Å². The van der Waals surface area contributed by atoms with Gasteiger partial charge >= 0.3 is 11.7 Å². The fourth-order valence-electron chi connectivity index (χ4n) is 1.69. The fourth-order valence-corrected chi connectivity index (χ4v) is 1.69. The van der Waals surface area contributed by atoms with Gasteiger partial charge in [0.2, 0.25) is 5.82 Å². The van der Waals surface area contributed by atoms with E-state index in [1.165, 1.54) is 0 Å². The predicted molar refractivity (Wildman–Crippen MR) is 65.4 cm³/mol. The zero-order valence-corrected chi connectivity index (χ0v) is 9.54. The van der Waals surface area contributed by atoms with E-state index in [1.807, 2.05) is 0 Å². The second-order valence-corrected chi connectivity index (χ2v) is 3.79. The molecule has 0 radical (unpaired) electrons. The van der Waals surface area contributed by atoms with Crippen LogP contribution >= 0.6 is 0 Å². The monoisotopic (exact) mass is 261 g/mol. The number of carbonyl (C=O) groups is 1. The van der Waals surface area contributed by atoms with Crippen molar-refractivity contribution in [2.24, 2.45) is 0 Å². The number of nitrogens with zero attached hydrogens (tertiary/aromatic N) is 1. The van der Waals surface area contributed by atoms with Crippen molar-refractivity contribution in [2.75, 3.05) is 0 Å². The van der Waals surface area contributed by atoms with Crippen molar-refractivity contribution >= 4 is 11.7 Å². The molecule has 2 rings (SSSR count). The molecule has 5 nitrogen and oxygen atoms in total. The van der Waals surface area contributed by atoms with Gasteiger partial charge in [-0.2, -0.15) is 4.39 Å². The summed E-state index contributed by atoms with van der Waals surface area (Å²) in [5.74, 6) is -2.88. The summed E-state index contributed by atoms with van der Waals surface area (Å²) in [6.07, 6.45) is 0. The number of carboxylic acids is 1. The fraction of sp³-hybridized carbons (Fsp3) is 0. The van der Waals surface area contributed by atoms with Gasteiger partial charge in [-0.25, -0.2) is 4.79 Å². The highest BCUT2D eigenvalue weighted by Crippen LogP contribution is 2.29. The van der Waals surface area contributed by atoms with E-state index in [-0.39, 0.29) is 5.56 Å². The first-order chi connectivity index (χ1) is 9.00. The number of rotatable bonds is 3. The predicted octanol–water partition coefficient (Wildman–Crippen LogP) is 3.10. The van der Waals surface area contributed by atoms with E-state index in [1.54, 1.807) is 30.3 Å². The maximum Gasteiger partial charge on any atom is 0.338 e. The van der Waals surface area contributed by atoms with E-state index < -0.39 is 28.0 Å². The van der Waals surface area contributed by atoms with E-state index in [0.29, 0.717) is 5.56 Å². The van der Waals surface area contributed by atoms with Crippen LogP contribution in [-0.4, -0.2) is 16.0 Å². The summed E-state index contributed by atoms with van der Waals surface area (Å²) >= 11 is 0. The average molecular weight is 261 g/mol. The lowest BCUT2D eigenvalue weighted by Gasteiger charge is -2.05. The molecule has 0 aromatic heterocycles. The number of nitro benzene ring substituents is 1. The van der Waals surface area contributed by atoms with Crippen molar-refractivity contribution in [1.82, 2.24) is 0 Å². The van der Waals surface area contributed by atoms with Crippen LogP contribution in [0.25, 0.3) is 11.1 Å². The Kier molecular flexibility index (Phi) is 3.24. The Morgan fingerprint density at radius 2 is 1.79 bits per heavy atom. The van der Waals surface area contributed by atoms with Crippen molar-refractivity contribution in [3.8, 4) is 11.1 Å². The number of carboxylic acid groups (broad SMARTS) is 1. The van der Waals surface area contributed by atoms with Crippen LogP contribution in [0.1, 0.15) is 10.4 Å². The molecule has 6 heteroatoms. The minimum atomic E-state index is -1.54. The SMILES string of the molecule is O=C(O)c1cc(-c2ccccc2)cc([N+](=O)[O-])c1F. The Bertz CT molecular complexity index is 620. The molecule has 0 heterocycles. The number of hydrogen-bond donors (Lipinski definition) is 1. The topological polar surface area (TPSA) is 80.4 Å². The first kappa shape index (κ1) is 12.7. The Morgan fingerprint density at radius 1 is 1.16 bits per heavy atom. The molecule has 0 saturated heterocycles. The van der Waals surface area contributed by atoms with E-state index in [2.05, 4.69) is 0 Å². The summed E-state index contributed by atoms with van der Waals surface area (Å²) in [6, 6.07) is 10.6. The third-order valence-corrected chi connectivity index (χ3v) is 2.59. The van der Waals surface area contributed by atoms with Crippen molar-refractivity contribution in [3.63, 3.8) is 0 Å². The van der Waals surface area contributed by atoms with Gasteiger partial charge in [0.25, 0.3) is 0 Å². The van der Waals surface area contributed by atoms with Crippen molar-refractivity contribution in [1.29, 1.82) is 0 Å². The number of hydrogen-bond acceptors (Lipinski definition) is 3. The summed E-state index contributed by atoms with van der Waals surface area (Å²) in [6.45, 7) is 0. The molecule has 19 heavy (non-hydrogen) atoms. The molecule has 2 aromatic carbocycles. The standard InChI is InChI=1S/C13H8FNO4/c14-12-10(13(16)17)6-9(7-11(12)15(18)19)8-4-2-1-3-5-8/h1-7H,(H,16,17). The van der Waals surface area contributed by atoms with Crippen LogP contribution in [-0.2, 0) is 0 Å². The van der Waals surface area contributed by atoms with Gasteiger partial charge in [-0.1, -0.05) is 30.3 Å². The van der Waals surface area contributed by atoms with Gasteiger partial charge in [0.1, 0.15) is 5.56 Å². The molecule has 0 bridgehead atoms. The molecule has 0 fully saturated rings. The lowest BCUT2D eigenvalue weighted by Crippen LogP contribution is -2.04. The summed E-state index contributed by atoms with van der Waals surface area (Å²) in [4.78, 5) is 20.7. The lowest BCUT2D eigenvalue weighted by atomic mass is 10.0. The number of halogens is 1. The minimum absolute atomic E-state index is 0.283. The highest BCUT2D eigenvalue weighted by Gasteiger charge is 2.23. The normalized spacial score (nSPS) is 10.2. The van der Waals surface area contributed by atoms with E-state index in [9.17, 15) is 19.3 Å². The molecular formula is C13H8FNO4. The number of nitro groups is 1. The second-order valence-electron chi connectivity index (χ2n) is 3.79. The summed E-state index contributed by atoms with van der Waals surface area (Å²) in [7, 11) is 0. The van der Waals surface area contributed by atoms with Crippen molar-refractivity contribution in [2.45, 2.75) is 0 Å². The summed E-state index contributed by atoms with van der Waals surface area (Å²) in [5, 5.41) is 19.6. The Labute approximate surface area is 107 Å². The lowest BCUT2D eigenvalue weighted by molar-refractivity contribution is -0.387. The van der Waals surface area contributed by atoms with Crippen LogP contribution in [0.4, 0.5) is 10.1 Å². The highest BCUT2D eigenvalue weighted by molar-refractivity contribution is 5.91. The van der Waals surface area contributed by atoms with Gasteiger partial charge in [-0.05, 0) is 17.2 Å². The Morgan fingerprint density at radius 3 is 2.32 bits per heavy atom. The zero-order chi connectivity index (χ0) is 14.0. The molecule has 0 unspecified atom stereocenters. The summed E-state index contributed by atoms with van der Waals surface area (Å²) in [5.41, 5.74) is -0.703. The smallest absolute Gasteiger partial charge is 0.338 e. The van der Waals surface area contributed by atoms with Crippen LogP contribution in [0.3, 0.4) is 0 Å². The van der Waals surface area contributed by atoms with Gasteiger partial charge in [0.05, 0.1) is 4.92 Å². The first-order valence-corrected chi connectivity index (χ1v) is 5.27. The molecule has 0 saturated carbocycles. The first-order valence-electron chi connectivity index (χ1n) is 5.27. The van der Waals surface area contributed by atoms with E-state index in [0.717, 1.165) is 12.1 Å². The maximum atomic E-state index is 13.6. The van der Waals surface area contributed by atoms with Gasteiger partial charge in [-0.15, -0.1) is 0 Å². The van der Waals surface area contributed by atoms with Gasteiger partial charge < -0.3 is 5.11 Å². The molecule has 0 aliphatic carbocycles. The third-order valence-electron chi connectivity index (χ3n) is 2.59. The molecule has 1 N–H and O–H groups in total. The third kappa shape index (κ3) is 2.42. The average Bonchev–Trinajstić information content (AvgIpc) is 2.39. The molecule has 96 valence electrons. The van der Waals surface area contributed by atoms with Crippen LogP contribution in [0, 0.1) is 15.9 Å². The Hall–Kier alpha value is -2.76. The molecule has 0 spiro atoms. The molecule has 0 aliphatic rings. The van der Waals surface area contributed by atoms with Crippen LogP contribution in [0.5, 0.6) is 0 Å².